The number of rotatable bonds is 5. The minimum absolute atomic E-state index is 0.107. The highest BCUT2D eigenvalue weighted by molar-refractivity contribution is 7.12. The maximum Gasteiger partial charge on any atom is 0.346 e. The number of hydrogen-bond acceptors (Lipinski definition) is 5. The van der Waals surface area contributed by atoms with Crippen molar-refractivity contribution < 1.29 is 28.6 Å². The number of hydrogen-bond donors (Lipinski definition) is 1. The molecule has 0 saturated heterocycles. The van der Waals surface area contributed by atoms with Crippen LogP contribution in [-0.2, 0) is 11.2 Å². The zero-order chi connectivity index (χ0) is 23.2. The van der Waals surface area contributed by atoms with Gasteiger partial charge in [0.25, 0.3) is 5.91 Å². The summed E-state index contributed by atoms with van der Waals surface area (Å²) in [6.45, 7) is 1.70. The first-order valence-electron chi connectivity index (χ1n) is 9.30. The molecule has 1 atom stereocenters. The van der Waals surface area contributed by atoms with Gasteiger partial charge in [0.1, 0.15) is 22.5 Å². The number of anilines is 1. The molecule has 1 N–H and O–H groups in total. The van der Waals surface area contributed by atoms with Crippen molar-refractivity contribution in [3.63, 3.8) is 0 Å². The van der Waals surface area contributed by atoms with Crippen LogP contribution in [0.2, 0.25) is 10.0 Å². The second-order valence-electron chi connectivity index (χ2n) is 6.99. The largest absolute Gasteiger partial charge is 0.486 e. The van der Waals surface area contributed by atoms with Crippen LogP contribution in [0.1, 0.15) is 44.2 Å². The number of benzene rings is 2. The number of halogens is 3. The highest BCUT2D eigenvalue weighted by Gasteiger charge is 2.38. The van der Waals surface area contributed by atoms with E-state index in [4.69, 9.17) is 27.9 Å². The Morgan fingerprint density at radius 3 is 2.56 bits per heavy atom. The molecule has 0 saturated carbocycles. The Morgan fingerprint density at radius 1 is 1.22 bits per heavy atom. The van der Waals surface area contributed by atoms with Gasteiger partial charge in [0.2, 0.25) is 5.91 Å². The maximum absolute atomic E-state index is 14.7. The van der Waals surface area contributed by atoms with Crippen molar-refractivity contribution in [1.82, 2.24) is 0 Å². The SMILES string of the molecule is CC(Oc1ccc(F)c(N2C(=O)Cc3csc(C(=O)O)c3C2=O)c1)c1c(Cl)cccc1Cl. The van der Waals surface area contributed by atoms with Gasteiger partial charge in [-0.15, -0.1) is 11.3 Å². The summed E-state index contributed by atoms with van der Waals surface area (Å²) in [7, 11) is 0. The first-order chi connectivity index (χ1) is 15.2. The average molecular weight is 494 g/mol. The number of aromatic carboxylic acids is 1. The van der Waals surface area contributed by atoms with Crippen LogP contribution in [-0.4, -0.2) is 22.9 Å². The van der Waals surface area contributed by atoms with Gasteiger partial charge in [0.05, 0.1) is 17.7 Å². The number of imide groups is 1. The second kappa shape index (κ2) is 8.54. The van der Waals surface area contributed by atoms with Gasteiger partial charge in [-0.3, -0.25) is 9.59 Å². The first-order valence-corrected chi connectivity index (χ1v) is 10.9. The van der Waals surface area contributed by atoms with Crippen LogP contribution >= 0.6 is 34.5 Å². The van der Waals surface area contributed by atoms with Crippen LogP contribution in [0.25, 0.3) is 0 Å². The molecule has 1 aromatic heterocycles. The lowest BCUT2D eigenvalue weighted by molar-refractivity contribution is -0.117. The molecule has 1 unspecified atom stereocenters. The van der Waals surface area contributed by atoms with E-state index >= 15 is 0 Å². The lowest BCUT2D eigenvalue weighted by Crippen LogP contribution is -2.43. The van der Waals surface area contributed by atoms with Gasteiger partial charge in [-0.1, -0.05) is 29.3 Å². The normalized spacial score (nSPS) is 14.3. The Balaban J connectivity index is 1.70. The van der Waals surface area contributed by atoms with Gasteiger partial charge in [-0.25, -0.2) is 14.1 Å². The summed E-state index contributed by atoms with van der Waals surface area (Å²) >= 11 is 13.3. The fourth-order valence-corrected chi connectivity index (χ4v) is 5.13. The number of carbonyl (C=O) groups excluding carboxylic acids is 2. The summed E-state index contributed by atoms with van der Waals surface area (Å²) in [4.78, 5) is 37.6. The Kier molecular flexibility index (Phi) is 5.94. The molecular formula is C22H14Cl2FNO5S. The summed E-state index contributed by atoms with van der Waals surface area (Å²) in [5, 5.41) is 11.6. The molecule has 2 aromatic carbocycles. The van der Waals surface area contributed by atoms with E-state index in [1.54, 1.807) is 25.1 Å². The number of thiophene rings is 1. The van der Waals surface area contributed by atoms with E-state index in [-0.39, 0.29) is 28.3 Å². The van der Waals surface area contributed by atoms with Crippen LogP contribution in [0.4, 0.5) is 10.1 Å². The molecule has 0 bridgehead atoms. The van der Waals surface area contributed by atoms with Gasteiger partial charge in [0, 0.05) is 21.7 Å². The van der Waals surface area contributed by atoms with Crippen molar-refractivity contribution >= 4 is 58.0 Å². The molecule has 0 aliphatic carbocycles. The van der Waals surface area contributed by atoms with E-state index in [0.717, 1.165) is 17.4 Å². The van der Waals surface area contributed by atoms with Gasteiger partial charge < -0.3 is 9.84 Å². The van der Waals surface area contributed by atoms with Crippen LogP contribution in [0, 0.1) is 5.82 Å². The van der Waals surface area contributed by atoms with Crippen LogP contribution in [0.5, 0.6) is 5.75 Å². The lowest BCUT2D eigenvalue weighted by atomic mass is 10.0. The van der Waals surface area contributed by atoms with Crippen molar-refractivity contribution in [2.24, 2.45) is 0 Å². The molecule has 32 heavy (non-hydrogen) atoms. The highest BCUT2D eigenvalue weighted by atomic mass is 35.5. The smallest absolute Gasteiger partial charge is 0.346 e. The van der Waals surface area contributed by atoms with E-state index in [1.165, 1.54) is 17.5 Å². The van der Waals surface area contributed by atoms with Gasteiger partial charge in [-0.05, 0) is 42.1 Å². The fraction of sp³-hybridized carbons (Fsp3) is 0.136. The Bertz CT molecular complexity index is 1250. The van der Waals surface area contributed by atoms with E-state index in [9.17, 15) is 23.9 Å². The summed E-state index contributed by atoms with van der Waals surface area (Å²) in [5.41, 5.74) is 0.404. The van der Waals surface area contributed by atoms with Crippen molar-refractivity contribution in [1.29, 1.82) is 0 Å². The first kappa shape index (κ1) is 22.3. The Labute approximate surface area is 195 Å². The molecule has 6 nitrogen and oxygen atoms in total. The number of carboxylic acids is 1. The molecule has 2 heterocycles. The third-order valence-electron chi connectivity index (χ3n) is 4.95. The van der Waals surface area contributed by atoms with E-state index in [2.05, 4.69) is 0 Å². The quantitative estimate of drug-likeness (QED) is 0.456. The van der Waals surface area contributed by atoms with Crippen molar-refractivity contribution in [2.75, 3.05) is 4.90 Å². The Morgan fingerprint density at radius 2 is 1.91 bits per heavy atom. The molecule has 0 fully saturated rings. The molecule has 2 amide bonds. The minimum atomic E-state index is -1.29. The molecule has 0 radical (unpaired) electrons. The van der Waals surface area contributed by atoms with E-state index < -0.39 is 29.7 Å². The minimum Gasteiger partial charge on any atom is -0.486 e. The predicted octanol–water partition coefficient (Wildman–Crippen LogP) is 5.76. The number of carbonyl (C=O) groups is 3. The van der Waals surface area contributed by atoms with Gasteiger partial charge in [0.15, 0.2) is 0 Å². The number of carboxylic acid groups (broad SMARTS) is 1. The zero-order valence-corrected chi connectivity index (χ0v) is 18.7. The lowest BCUT2D eigenvalue weighted by Gasteiger charge is -2.26. The number of amides is 2. The Hall–Kier alpha value is -2.94. The summed E-state index contributed by atoms with van der Waals surface area (Å²) < 4.78 is 20.6. The van der Waals surface area contributed by atoms with Gasteiger partial charge in [-0.2, -0.15) is 0 Å². The molecule has 3 aromatic rings. The van der Waals surface area contributed by atoms with E-state index in [0.29, 0.717) is 26.1 Å². The molecule has 164 valence electrons. The van der Waals surface area contributed by atoms with Crippen molar-refractivity contribution in [3.8, 4) is 5.75 Å². The fourth-order valence-electron chi connectivity index (χ4n) is 3.53. The summed E-state index contributed by atoms with van der Waals surface area (Å²) in [5.74, 6) is -3.52. The molecule has 0 spiro atoms. The monoisotopic (exact) mass is 493 g/mol. The standard InChI is InChI=1S/C22H14Cl2FNO5S/c1-10(18-13(23)3-2-4-14(18)24)31-12-5-6-15(25)16(8-12)26-17(27)7-11-9-32-20(22(29)30)19(11)21(26)28/h2-6,8-10H,7H2,1H3,(H,29,30). The molecule has 1 aliphatic rings. The molecule has 4 rings (SSSR count). The molecular weight excluding hydrogens is 480 g/mol. The number of nitrogens with zero attached hydrogens (tertiary/aromatic N) is 1. The number of ether oxygens (including phenoxy) is 1. The third-order valence-corrected chi connectivity index (χ3v) is 6.62. The predicted molar refractivity (Wildman–Crippen MR) is 119 cm³/mol. The van der Waals surface area contributed by atoms with Crippen molar-refractivity contribution in [3.05, 3.63) is 79.2 Å². The highest BCUT2D eigenvalue weighted by Crippen LogP contribution is 2.37. The second-order valence-corrected chi connectivity index (χ2v) is 8.68. The van der Waals surface area contributed by atoms with E-state index in [1.807, 2.05) is 0 Å². The molecule has 1 aliphatic heterocycles. The van der Waals surface area contributed by atoms with Gasteiger partial charge >= 0.3 is 5.97 Å². The third kappa shape index (κ3) is 3.85. The van der Waals surface area contributed by atoms with Crippen molar-refractivity contribution in [2.45, 2.75) is 19.4 Å². The topological polar surface area (TPSA) is 83.9 Å². The summed E-state index contributed by atoms with van der Waals surface area (Å²) in [6.07, 6.45) is -0.842. The van der Waals surface area contributed by atoms with Crippen LogP contribution in [0.15, 0.2) is 41.8 Å². The van der Waals surface area contributed by atoms with Crippen LogP contribution < -0.4 is 9.64 Å². The zero-order valence-electron chi connectivity index (χ0n) is 16.4. The number of fused-ring (bicyclic) bond motifs is 1. The van der Waals surface area contributed by atoms with Crippen LogP contribution in [0.3, 0.4) is 0 Å². The average Bonchev–Trinajstić information content (AvgIpc) is 3.14. The summed E-state index contributed by atoms with van der Waals surface area (Å²) in [6, 6.07) is 8.62. The maximum atomic E-state index is 14.7. The molecule has 10 heteroatoms.